The maximum atomic E-state index is 5.52. The molecule has 0 unspecified atom stereocenters. The SMILES string of the molecule is NCCc1cnn(CCCCc2ccccc2)c1. The number of aromatic nitrogens is 2. The zero-order chi connectivity index (χ0) is 12.6. The first-order valence-electron chi connectivity index (χ1n) is 6.64. The fourth-order valence-electron chi connectivity index (χ4n) is 2.07. The number of hydrogen-bond donors (Lipinski definition) is 1. The van der Waals surface area contributed by atoms with E-state index in [1.807, 2.05) is 10.9 Å². The maximum absolute atomic E-state index is 5.52. The molecule has 0 aliphatic carbocycles. The highest BCUT2D eigenvalue weighted by Crippen LogP contribution is 2.06. The zero-order valence-electron chi connectivity index (χ0n) is 10.8. The molecule has 0 bridgehead atoms. The molecular formula is C15H21N3. The van der Waals surface area contributed by atoms with Crippen LogP contribution in [-0.2, 0) is 19.4 Å². The number of nitrogens with zero attached hydrogens (tertiary/aromatic N) is 2. The summed E-state index contributed by atoms with van der Waals surface area (Å²) in [6.07, 6.45) is 8.47. The lowest BCUT2D eigenvalue weighted by atomic mass is 10.1. The van der Waals surface area contributed by atoms with Gasteiger partial charge in [0.1, 0.15) is 0 Å². The van der Waals surface area contributed by atoms with Crippen LogP contribution in [0.25, 0.3) is 0 Å². The second kappa shape index (κ2) is 6.97. The minimum atomic E-state index is 0.694. The van der Waals surface area contributed by atoms with Gasteiger partial charge in [-0.2, -0.15) is 5.10 Å². The Bertz CT molecular complexity index is 448. The molecule has 1 heterocycles. The van der Waals surface area contributed by atoms with Gasteiger partial charge in [-0.15, -0.1) is 0 Å². The van der Waals surface area contributed by atoms with E-state index >= 15 is 0 Å². The maximum Gasteiger partial charge on any atom is 0.0522 e. The number of hydrogen-bond acceptors (Lipinski definition) is 2. The quantitative estimate of drug-likeness (QED) is 0.759. The van der Waals surface area contributed by atoms with Crippen molar-refractivity contribution in [3.05, 3.63) is 53.9 Å². The van der Waals surface area contributed by atoms with Gasteiger partial charge in [-0.25, -0.2) is 0 Å². The van der Waals surface area contributed by atoms with Gasteiger partial charge >= 0.3 is 0 Å². The summed E-state index contributed by atoms with van der Waals surface area (Å²) in [6, 6.07) is 10.6. The van der Waals surface area contributed by atoms with Crippen LogP contribution in [-0.4, -0.2) is 16.3 Å². The van der Waals surface area contributed by atoms with E-state index in [9.17, 15) is 0 Å². The Balaban J connectivity index is 1.68. The number of benzene rings is 1. The Morgan fingerprint density at radius 3 is 2.61 bits per heavy atom. The Hall–Kier alpha value is -1.61. The van der Waals surface area contributed by atoms with Crippen LogP contribution in [0.3, 0.4) is 0 Å². The summed E-state index contributed by atoms with van der Waals surface area (Å²) in [6.45, 7) is 1.69. The lowest BCUT2D eigenvalue weighted by Gasteiger charge is -2.02. The Kier molecular flexibility index (Phi) is 4.97. The topological polar surface area (TPSA) is 43.8 Å². The second-order valence-electron chi connectivity index (χ2n) is 4.59. The first-order chi connectivity index (χ1) is 8.88. The van der Waals surface area contributed by atoms with Crippen molar-refractivity contribution in [3.63, 3.8) is 0 Å². The van der Waals surface area contributed by atoms with Crippen molar-refractivity contribution in [1.29, 1.82) is 0 Å². The van der Waals surface area contributed by atoms with Crippen molar-refractivity contribution in [3.8, 4) is 0 Å². The van der Waals surface area contributed by atoms with Gasteiger partial charge in [0.15, 0.2) is 0 Å². The van der Waals surface area contributed by atoms with Crippen LogP contribution in [0.5, 0.6) is 0 Å². The summed E-state index contributed by atoms with van der Waals surface area (Å²) in [5.74, 6) is 0. The molecule has 2 aromatic rings. The smallest absolute Gasteiger partial charge is 0.0522 e. The lowest BCUT2D eigenvalue weighted by Crippen LogP contribution is -2.02. The first-order valence-corrected chi connectivity index (χ1v) is 6.64. The van der Waals surface area contributed by atoms with Crippen LogP contribution in [0.15, 0.2) is 42.7 Å². The largest absolute Gasteiger partial charge is 0.330 e. The van der Waals surface area contributed by atoms with Gasteiger partial charge in [-0.05, 0) is 43.4 Å². The number of rotatable bonds is 7. The van der Waals surface area contributed by atoms with E-state index in [0.29, 0.717) is 6.54 Å². The molecule has 0 spiro atoms. The third kappa shape index (κ3) is 4.00. The average molecular weight is 243 g/mol. The van der Waals surface area contributed by atoms with Crippen LogP contribution in [0.2, 0.25) is 0 Å². The van der Waals surface area contributed by atoms with Crippen molar-refractivity contribution >= 4 is 0 Å². The third-order valence-corrected chi connectivity index (χ3v) is 3.07. The van der Waals surface area contributed by atoms with Crippen LogP contribution in [0.4, 0.5) is 0 Å². The van der Waals surface area contributed by atoms with E-state index in [1.54, 1.807) is 0 Å². The molecule has 1 aromatic carbocycles. The van der Waals surface area contributed by atoms with Gasteiger partial charge in [-0.1, -0.05) is 30.3 Å². The minimum absolute atomic E-state index is 0.694. The van der Waals surface area contributed by atoms with E-state index in [1.165, 1.54) is 24.0 Å². The Labute approximate surface area is 109 Å². The third-order valence-electron chi connectivity index (χ3n) is 3.07. The summed E-state index contributed by atoms with van der Waals surface area (Å²) < 4.78 is 2.02. The van der Waals surface area contributed by atoms with Gasteiger partial charge in [0.25, 0.3) is 0 Å². The number of unbranched alkanes of at least 4 members (excludes halogenated alkanes) is 1. The van der Waals surface area contributed by atoms with E-state index in [0.717, 1.165) is 19.4 Å². The number of aryl methyl sites for hydroxylation is 2. The van der Waals surface area contributed by atoms with E-state index in [-0.39, 0.29) is 0 Å². The van der Waals surface area contributed by atoms with Crippen LogP contribution >= 0.6 is 0 Å². The van der Waals surface area contributed by atoms with E-state index < -0.39 is 0 Å². The van der Waals surface area contributed by atoms with Crippen LogP contribution < -0.4 is 5.73 Å². The summed E-state index contributed by atoms with van der Waals surface area (Å²) in [5, 5.41) is 4.34. The second-order valence-corrected chi connectivity index (χ2v) is 4.59. The van der Waals surface area contributed by atoms with Gasteiger partial charge < -0.3 is 5.73 Å². The van der Waals surface area contributed by atoms with Crippen molar-refractivity contribution < 1.29 is 0 Å². The normalized spacial score (nSPS) is 10.7. The molecule has 3 heteroatoms. The predicted octanol–water partition coefficient (Wildman–Crippen LogP) is 2.41. The molecule has 0 aliphatic rings. The monoisotopic (exact) mass is 243 g/mol. The molecule has 0 radical (unpaired) electrons. The highest BCUT2D eigenvalue weighted by atomic mass is 15.3. The first kappa shape index (κ1) is 12.8. The van der Waals surface area contributed by atoms with Gasteiger partial charge in [-0.3, -0.25) is 4.68 Å². The zero-order valence-corrected chi connectivity index (χ0v) is 10.8. The molecule has 0 aliphatic heterocycles. The lowest BCUT2D eigenvalue weighted by molar-refractivity contribution is 0.557. The van der Waals surface area contributed by atoms with E-state index in [4.69, 9.17) is 5.73 Å². The molecule has 0 saturated heterocycles. The fraction of sp³-hybridized carbons (Fsp3) is 0.400. The molecule has 18 heavy (non-hydrogen) atoms. The van der Waals surface area contributed by atoms with Gasteiger partial charge in [0.05, 0.1) is 6.20 Å². The predicted molar refractivity (Wildman–Crippen MR) is 74.4 cm³/mol. The Morgan fingerprint density at radius 2 is 1.83 bits per heavy atom. The molecule has 96 valence electrons. The summed E-state index contributed by atoms with van der Waals surface area (Å²) in [4.78, 5) is 0. The molecular weight excluding hydrogens is 222 g/mol. The molecule has 1 aromatic heterocycles. The standard InChI is InChI=1S/C15H21N3/c16-10-9-15-12-17-18(13-15)11-5-4-8-14-6-2-1-3-7-14/h1-3,6-7,12-13H,4-5,8-11,16H2. The highest BCUT2D eigenvalue weighted by molar-refractivity contribution is 5.14. The molecule has 0 saturated carbocycles. The summed E-state index contributed by atoms with van der Waals surface area (Å²) in [7, 11) is 0. The van der Waals surface area contributed by atoms with Crippen molar-refractivity contribution in [1.82, 2.24) is 9.78 Å². The molecule has 2 rings (SSSR count). The summed E-state index contributed by atoms with van der Waals surface area (Å²) in [5.41, 5.74) is 8.17. The van der Waals surface area contributed by atoms with Crippen molar-refractivity contribution in [2.24, 2.45) is 5.73 Å². The van der Waals surface area contributed by atoms with Crippen LogP contribution in [0.1, 0.15) is 24.0 Å². The summed E-state index contributed by atoms with van der Waals surface area (Å²) >= 11 is 0. The minimum Gasteiger partial charge on any atom is -0.330 e. The Morgan fingerprint density at radius 1 is 1.00 bits per heavy atom. The van der Waals surface area contributed by atoms with E-state index in [2.05, 4.69) is 41.6 Å². The fourth-order valence-corrected chi connectivity index (χ4v) is 2.07. The van der Waals surface area contributed by atoms with Crippen molar-refractivity contribution in [2.75, 3.05) is 6.54 Å². The van der Waals surface area contributed by atoms with Crippen molar-refractivity contribution in [2.45, 2.75) is 32.2 Å². The van der Waals surface area contributed by atoms with Crippen LogP contribution in [0, 0.1) is 0 Å². The van der Waals surface area contributed by atoms with Gasteiger partial charge in [0, 0.05) is 12.7 Å². The molecule has 3 nitrogen and oxygen atoms in total. The average Bonchev–Trinajstić information content (AvgIpc) is 2.84. The molecule has 0 atom stereocenters. The molecule has 0 fully saturated rings. The number of nitrogens with two attached hydrogens (primary N) is 1. The molecule has 2 N–H and O–H groups in total. The molecule has 0 amide bonds. The highest BCUT2D eigenvalue weighted by Gasteiger charge is 1.98. The van der Waals surface area contributed by atoms with Gasteiger partial charge in [0.2, 0.25) is 0 Å².